The Morgan fingerprint density at radius 3 is 2.62 bits per heavy atom. The number of halogens is 1. The van der Waals surface area contributed by atoms with Gasteiger partial charge < -0.3 is 0 Å². The summed E-state index contributed by atoms with van der Waals surface area (Å²) in [5, 5.41) is 1.87. The number of hydrogen-bond donors (Lipinski definition) is 0. The lowest BCUT2D eigenvalue weighted by Crippen LogP contribution is -1.82. The van der Waals surface area contributed by atoms with Crippen molar-refractivity contribution in [1.29, 1.82) is 0 Å². The second kappa shape index (κ2) is 6.14. The third kappa shape index (κ3) is 4.41. The Bertz CT molecular complexity index is 230. The Balaban J connectivity index is 2.06. The molecule has 0 fully saturated rings. The van der Waals surface area contributed by atoms with Crippen molar-refractivity contribution >= 4 is 11.3 Å². The van der Waals surface area contributed by atoms with Crippen LogP contribution in [0.25, 0.3) is 0 Å². The van der Waals surface area contributed by atoms with Gasteiger partial charge in [-0.3, -0.25) is 0 Å². The van der Waals surface area contributed by atoms with E-state index in [2.05, 4.69) is 6.92 Å². The molecule has 0 radical (unpaired) electrons. The Hall–Kier alpha value is -0.370. The van der Waals surface area contributed by atoms with Gasteiger partial charge in [0.15, 0.2) is 5.13 Å². The SMILES string of the molecule is CCCCCCCc1csc(F)c1. The van der Waals surface area contributed by atoms with Gasteiger partial charge in [0.05, 0.1) is 0 Å². The van der Waals surface area contributed by atoms with E-state index < -0.39 is 0 Å². The van der Waals surface area contributed by atoms with Crippen LogP contribution < -0.4 is 0 Å². The van der Waals surface area contributed by atoms with Gasteiger partial charge in [0.1, 0.15) is 0 Å². The number of aryl methyl sites for hydroxylation is 1. The topological polar surface area (TPSA) is 0 Å². The molecule has 1 rings (SSSR count). The van der Waals surface area contributed by atoms with Gasteiger partial charge in [0, 0.05) is 0 Å². The second-order valence-electron chi connectivity index (χ2n) is 3.42. The zero-order valence-electron chi connectivity index (χ0n) is 8.18. The summed E-state index contributed by atoms with van der Waals surface area (Å²) in [6.45, 7) is 2.22. The predicted molar refractivity (Wildman–Crippen MR) is 56.7 cm³/mol. The summed E-state index contributed by atoms with van der Waals surface area (Å²) in [6, 6.07) is 1.66. The maximum atomic E-state index is 12.6. The van der Waals surface area contributed by atoms with E-state index in [1.165, 1.54) is 49.0 Å². The molecule has 0 nitrogen and oxygen atoms in total. The maximum Gasteiger partial charge on any atom is 0.176 e. The fourth-order valence-electron chi connectivity index (χ4n) is 1.41. The van der Waals surface area contributed by atoms with Crippen LogP contribution >= 0.6 is 11.3 Å². The zero-order valence-corrected chi connectivity index (χ0v) is 9.00. The Morgan fingerprint density at radius 2 is 2.00 bits per heavy atom. The van der Waals surface area contributed by atoms with Gasteiger partial charge in [-0.05, 0) is 29.9 Å². The summed E-state index contributed by atoms with van der Waals surface area (Å²) >= 11 is 1.21. The zero-order chi connectivity index (χ0) is 9.52. The highest BCUT2D eigenvalue weighted by atomic mass is 32.1. The molecule has 0 saturated heterocycles. The molecule has 0 atom stereocenters. The molecule has 13 heavy (non-hydrogen) atoms. The molecule has 0 amide bonds. The van der Waals surface area contributed by atoms with E-state index in [1.807, 2.05) is 5.38 Å². The molecule has 0 aliphatic heterocycles. The predicted octanol–water partition coefficient (Wildman–Crippen LogP) is 4.40. The van der Waals surface area contributed by atoms with Gasteiger partial charge in [0.25, 0.3) is 0 Å². The summed E-state index contributed by atoms with van der Waals surface area (Å²) < 4.78 is 12.6. The van der Waals surface area contributed by atoms with Gasteiger partial charge in [-0.2, -0.15) is 4.39 Å². The molecule has 0 saturated carbocycles. The Kier molecular flexibility index (Phi) is 5.06. The molecule has 74 valence electrons. The molecule has 0 bridgehead atoms. The third-order valence-corrected chi connectivity index (χ3v) is 2.95. The van der Waals surface area contributed by atoms with Gasteiger partial charge in [-0.25, -0.2) is 0 Å². The van der Waals surface area contributed by atoms with Crippen molar-refractivity contribution in [3.8, 4) is 0 Å². The van der Waals surface area contributed by atoms with Crippen LogP contribution in [0.4, 0.5) is 4.39 Å². The van der Waals surface area contributed by atoms with Crippen molar-refractivity contribution in [3.63, 3.8) is 0 Å². The highest BCUT2D eigenvalue weighted by Gasteiger charge is 1.97. The first-order valence-corrected chi connectivity index (χ1v) is 5.94. The minimum atomic E-state index is -0.0523. The number of thiophene rings is 1. The van der Waals surface area contributed by atoms with Gasteiger partial charge in [0.2, 0.25) is 0 Å². The Labute approximate surface area is 83.8 Å². The van der Waals surface area contributed by atoms with Crippen molar-refractivity contribution in [3.05, 3.63) is 22.1 Å². The van der Waals surface area contributed by atoms with E-state index in [4.69, 9.17) is 0 Å². The lowest BCUT2D eigenvalue weighted by molar-refractivity contribution is 0.629. The molecule has 0 spiro atoms. The molecule has 0 unspecified atom stereocenters. The first kappa shape index (κ1) is 10.7. The van der Waals surface area contributed by atoms with Crippen LogP contribution in [0, 0.1) is 5.13 Å². The largest absolute Gasteiger partial charge is 0.195 e. The average molecular weight is 200 g/mol. The van der Waals surface area contributed by atoms with Crippen molar-refractivity contribution in [2.45, 2.75) is 45.4 Å². The molecular weight excluding hydrogens is 183 g/mol. The van der Waals surface area contributed by atoms with Crippen LogP contribution in [0.3, 0.4) is 0 Å². The van der Waals surface area contributed by atoms with Crippen LogP contribution in [-0.2, 0) is 6.42 Å². The number of rotatable bonds is 6. The van der Waals surface area contributed by atoms with Gasteiger partial charge in [-0.15, -0.1) is 11.3 Å². The van der Waals surface area contributed by atoms with E-state index in [9.17, 15) is 4.39 Å². The molecule has 0 aliphatic carbocycles. The fraction of sp³-hybridized carbons (Fsp3) is 0.636. The molecular formula is C11H17FS. The van der Waals surface area contributed by atoms with Crippen molar-refractivity contribution in [2.24, 2.45) is 0 Å². The van der Waals surface area contributed by atoms with Crippen LogP contribution in [0.1, 0.15) is 44.6 Å². The highest BCUT2D eigenvalue weighted by Crippen LogP contribution is 2.15. The third-order valence-electron chi connectivity index (χ3n) is 2.19. The molecule has 1 heterocycles. The lowest BCUT2D eigenvalue weighted by atomic mass is 10.1. The maximum absolute atomic E-state index is 12.6. The molecule has 0 N–H and O–H groups in total. The van der Waals surface area contributed by atoms with Crippen LogP contribution in [-0.4, -0.2) is 0 Å². The van der Waals surface area contributed by atoms with Crippen molar-refractivity contribution in [2.75, 3.05) is 0 Å². The van der Waals surface area contributed by atoms with E-state index in [0.29, 0.717) is 0 Å². The summed E-state index contributed by atoms with van der Waals surface area (Å²) in [7, 11) is 0. The van der Waals surface area contributed by atoms with Gasteiger partial charge >= 0.3 is 0 Å². The van der Waals surface area contributed by atoms with E-state index in [-0.39, 0.29) is 5.13 Å². The summed E-state index contributed by atoms with van der Waals surface area (Å²) in [5.74, 6) is 0. The summed E-state index contributed by atoms with van der Waals surface area (Å²) in [5.41, 5.74) is 1.17. The summed E-state index contributed by atoms with van der Waals surface area (Å²) in [4.78, 5) is 0. The van der Waals surface area contributed by atoms with E-state index in [1.54, 1.807) is 6.07 Å². The molecule has 1 aromatic heterocycles. The quantitative estimate of drug-likeness (QED) is 0.597. The van der Waals surface area contributed by atoms with E-state index in [0.717, 1.165) is 6.42 Å². The minimum absolute atomic E-state index is 0.0523. The lowest BCUT2D eigenvalue weighted by Gasteiger charge is -1.97. The first-order chi connectivity index (χ1) is 6.33. The van der Waals surface area contributed by atoms with E-state index >= 15 is 0 Å². The highest BCUT2D eigenvalue weighted by molar-refractivity contribution is 7.08. The van der Waals surface area contributed by atoms with Gasteiger partial charge in [-0.1, -0.05) is 32.6 Å². The fourth-order valence-corrected chi connectivity index (χ4v) is 2.08. The summed E-state index contributed by atoms with van der Waals surface area (Å²) in [6.07, 6.45) is 7.47. The average Bonchev–Trinajstić information content (AvgIpc) is 2.51. The molecule has 2 heteroatoms. The number of hydrogen-bond acceptors (Lipinski definition) is 1. The standard InChI is InChI=1S/C11H17FS/c1-2-3-4-5-6-7-10-8-11(12)13-9-10/h8-9H,2-7H2,1H3. The number of unbranched alkanes of at least 4 members (excludes halogenated alkanes) is 4. The monoisotopic (exact) mass is 200 g/mol. The smallest absolute Gasteiger partial charge is 0.176 e. The molecule has 0 aliphatic rings. The molecule has 0 aromatic carbocycles. The second-order valence-corrected chi connectivity index (χ2v) is 4.28. The van der Waals surface area contributed by atoms with Crippen LogP contribution in [0.2, 0.25) is 0 Å². The van der Waals surface area contributed by atoms with Crippen molar-refractivity contribution in [1.82, 2.24) is 0 Å². The first-order valence-electron chi connectivity index (χ1n) is 5.06. The van der Waals surface area contributed by atoms with Crippen LogP contribution in [0.15, 0.2) is 11.4 Å². The molecule has 1 aromatic rings. The Morgan fingerprint density at radius 1 is 1.23 bits per heavy atom. The minimum Gasteiger partial charge on any atom is -0.195 e. The normalized spacial score (nSPS) is 10.6. The van der Waals surface area contributed by atoms with Crippen molar-refractivity contribution < 1.29 is 4.39 Å². The van der Waals surface area contributed by atoms with Crippen LogP contribution in [0.5, 0.6) is 0 Å².